The molecule has 182 valence electrons. The maximum atomic E-state index is 13.3. The number of ether oxygens (including phenoxy) is 1. The lowest BCUT2D eigenvalue weighted by Crippen LogP contribution is -2.14. The lowest BCUT2D eigenvalue weighted by molar-refractivity contribution is -0.118. The molecule has 3 aromatic carbocycles. The number of methoxy groups -OCH3 is 1. The molecule has 0 amide bonds. The van der Waals surface area contributed by atoms with E-state index in [1.807, 2.05) is 55.5 Å². The summed E-state index contributed by atoms with van der Waals surface area (Å²) in [6.45, 7) is 3.49. The molecule has 0 saturated heterocycles. The summed E-state index contributed by atoms with van der Waals surface area (Å²) in [5.74, 6) is -0.893. The van der Waals surface area contributed by atoms with Crippen LogP contribution in [0.4, 0.5) is 0 Å². The minimum atomic E-state index is -3.82. The predicted molar refractivity (Wildman–Crippen MR) is 134 cm³/mol. The van der Waals surface area contributed by atoms with Gasteiger partial charge in [0.15, 0.2) is 9.84 Å². The SMILES string of the molecule is COC(=O)c1cc(CC(=O)CC(C)c2ccccc2)ccc1S(=O)(=O)Cc1ccc2c(c1)CNC2. The van der Waals surface area contributed by atoms with Gasteiger partial charge in [-0.15, -0.1) is 0 Å². The van der Waals surface area contributed by atoms with Gasteiger partial charge in [0.2, 0.25) is 0 Å². The monoisotopic (exact) mass is 491 g/mol. The van der Waals surface area contributed by atoms with Crippen LogP contribution in [0.2, 0.25) is 0 Å². The van der Waals surface area contributed by atoms with E-state index >= 15 is 0 Å². The number of sulfone groups is 1. The summed E-state index contributed by atoms with van der Waals surface area (Å²) in [6.07, 6.45) is 0.462. The predicted octanol–water partition coefficient (Wildman–Crippen LogP) is 4.36. The smallest absolute Gasteiger partial charge is 0.339 e. The van der Waals surface area contributed by atoms with Gasteiger partial charge >= 0.3 is 5.97 Å². The quantitative estimate of drug-likeness (QED) is 0.448. The molecule has 1 atom stereocenters. The number of benzene rings is 3. The molecule has 35 heavy (non-hydrogen) atoms. The van der Waals surface area contributed by atoms with Crippen molar-refractivity contribution in [3.05, 3.63) is 100 Å². The number of rotatable bonds is 9. The summed E-state index contributed by atoms with van der Waals surface area (Å²) < 4.78 is 31.4. The number of hydrogen-bond donors (Lipinski definition) is 1. The van der Waals surface area contributed by atoms with Gasteiger partial charge in [0.1, 0.15) is 5.78 Å². The van der Waals surface area contributed by atoms with Crippen molar-refractivity contribution in [1.82, 2.24) is 5.32 Å². The second-order valence-corrected chi connectivity index (χ2v) is 11.0. The van der Waals surface area contributed by atoms with E-state index in [-0.39, 0.29) is 34.3 Å². The van der Waals surface area contributed by atoms with Gasteiger partial charge in [-0.1, -0.05) is 61.5 Å². The highest BCUT2D eigenvalue weighted by Gasteiger charge is 2.25. The largest absolute Gasteiger partial charge is 0.465 e. The van der Waals surface area contributed by atoms with Gasteiger partial charge in [0.25, 0.3) is 0 Å². The van der Waals surface area contributed by atoms with Gasteiger partial charge in [-0.2, -0.15) is 0 Å². The molecule has 0 radical (unpaired) electrons. The van der Waals surface area contributed by atoms with E-state index in [0.29, 0.717) is 24.1 Å². The lowest BCUT2D eigenvalue weighted by atomic mass is 9.93. The van der Waals surface area contributed by atoms with E-state index in [9.17, 15) is 18.0 Å². The molecule has 3 aromatic rings. The van der Waals surface area contributed by atoms with E-state index in [2.05, 4.69) is 5.32 Å². The van der Waals surface area contributed by atoms with Crippen LogP contribution in [0.25, 0.3) is 0 Å². The maximum Gasteiger partial charge on any atom is 0.339 e. The number of fused-ring (bicyclic) bond motifs is 1. The molecular weight excluding hydrogens is 462 g/mol. The second-order valence-electron chi connectivity index (χ2n) is 9.02. The standard InChI is InChI=1S/C28H29NO5S/c1-19(22-6-4-3-5-7-22)12-25(30)14-20-9-11-27(26(15-20)28(31)34-2)35(32,33)18-21-8-10-23-16-29-17-24(23)13-21/h3-11,13,15,19,29H,12,14,16-18H2,1-2H3. The second kappa shape index (κ2) is 10.5. The summed E-state index contributed by atoms with van der Waals surface area (Å²) >= 11 is 0. The van der Waals surface area contributed by atoms with Crippen molar-refractivity contribution in [2.75, 3.05) is 7.11 Å². The van der Waals surface area contributed by atoms with Gasteiger partial charge in [0.05, 0.1) is 23.3 Å². The fourth-order valence-corrected chi connectivity index (χ4v) is 6.03. The third-order valence-electron chi connectivity index (χ3n) is 6.35. The third-order valence-corrected chi connectivity index (χ3v) is 8.09. The Morgan fingerprint density at radius 1 is 0.943 bits per heavy atom. The highest BCUT2D eigenvalue weighted by atomic mass is 32.2. The Kier molecular flexibility index (Phi) is 7.48. The molecule has 0 fully saturated rings. The van der Waals surface area contributed by atoms with Crippen LogP contribution in [0.3, 0.4) is 0 Å². The molecule has 0 bridgehead atoms. The van der Waals surface area contributed by atoms with E-state index in [1.54, 1.807) is 6.07 Å². The lowest BCUT2D eigenvalue weighted by Gasteiger charge is -2.13. The van der Waals surface area contributed by atoms with Crippen LogP contribution in [-0.2, 0) is 44.6 Å². The first-order chi connectivity index (χ1) is 16.8. The van der Waals surface area contributed by atoms with Crippen molar-refractivity contribution in [2.24, 2.45) is 0 Å². The fourth-order valence-electron chi connectivity index (χ4n) is 4.50. The molecular formula is C28H29NO5S. The Morgan fingerprint density at radius 2 is 1.66 bits per heavy atom. The Morgan fingerprint density at radius 3 is 2.40 bits per heavy atom. The van der Waals surface area contributed by atoms with Crippen LogP contribution in [0.5, 0.6) is 0 Å². The number of carbonyl (C=O) groups excluding carboxylic acids is 2. The molecule has 1 aliphatic heterocycles. The normalized spacial score (nSPS) is 13.8. The summed E-state index contributed by atoms with van der Waals surface area (Å²) in [4.78, 5) is 25.1. The molecule has 1 N–H and O–H groups in total. The molecule has 4 rings (SSSR count). The average Bonchev–Trinajstić information content (AvgIpc) is 3.31. The molecule has 1 aliphatic rings. The number of hydrogen-bond acceptors (Lipinski definition) is 6. The van der Waals surface area contributed by atoms with Crippen molar-refractivity contribution >= 4 is 21.6 Å². The van der Waals surface area contributed by atoms with Crippen molar-refractivity contribution in [2.45, 2.75) is 49.4 Å². The summed E-state index contributed by atoms with van der Waals surface area (Å²) in [5, 5.41) is 3.25. The van der Waals surface area contributed by atoms with Crippen LogP contribution in [0.1, 0.15) is 57.4 Å². The highest BCUT2D eigenvalue weighted by molar-refractivity contribution is 7.90. The van der Waals surface area contributed by atoms with Gasteiger partial charge in [0, 0.05) is 25.9 Å². The van der Waals surface area contributed by atoms with Gasteiger partial charge in [-0.25, -0.2) is 13.2 Å². The molecule has 6 nitrogen and oxygen atoms in total. The molecule has 0 aliphatic carbocycles. The van der Waals surface area contributed by atoms with Crippen molar-refractivity contribution in [1.29, 1.82) is 0 Å². The first kappa shape index (κ1) is 24.8. The zero-order valence-corrected chi connectivity index (χ0v) is 20.7. The summed E-state index contributed by atoms with van der Waals surface area (Å²) in [6, 6.07) is 19.9. The first-order valence-corrected chi connectivity index (χ1v) is 13.2. The Hall–Kier alpha value is -3.29. The molecule has 7 heteroatoms. The van der Waals surface area contributed by atoms with Gasteiger partial charge in [-0.3, -0.25) is 4.79 Å². The average molecular weight is 492 g/mol. The third kappa shape index (κ3) is 5.86. The minimum Gasteiger partial charge on any atom is -0.465 e. The maximum absolute atomic E-state index is 13.3. The van der Waals surface area contributed by atoms with E-state index < -0.39 is 15.8 Å². The molecule has 0 saturated carbocycles. The van der Waals surface area contributed by atoms with Gasteiger partial charge in [-0.05, 0) is 45.9 Å². The van der Waals surface area contributed by atoms with Crippen LogP contribution in [0.15, 0.2) is 71.6 Å². The minimum absolute atomic E-state index is 0.0135. The molecule has 1 unspecified atom stereocenters. The zero-order valence-electron chi connectivity index (χ0n) is 19.9. The zero-order chi connectivity index (χ0) is 25.0. The molecule has 1 heterocycles. The highest BCUT2D eigenvalue weighted by Crippen LogP contribution is 2.26. The van der Waals surface area contributed by atoms with Gasteiger partial charge < -0.3 is 10.1 Å². The number of Topliss-reactive ketones (excluding diaryl/α,β-unsaturated/α-hetero) is 1. The van der Waals surface area contributed by atoms with Crippen molar-refractivity contribution < 1.29 is 22.7 Å². The van der Waals surface area contributed by atoms with Crippen molar-refractivity contribution in [3.63, 3.8) is 0 Å². The van der Waals surface area contributed by atoms with Crippen LogP contribution in [0, 0.1) is 0 Å². The number of carbonyl (C=O) groups is 2. The Labute approximate surface area is 206 Å². The van der Waals surface area contributed by atoms with Crippen LogP contribution >= 0.6 is 0 Å². The number of esters is 1. The first-order valence-electron chi connectivity index (χ1n) is 11.6. The summed E-state index contributed by atoms with van der Waals surface area (Å²) in [5.41, 5.74) is 4.54. The summed E-state index contributed by atoms with van der Waals surface area (Å²) in [7, 11) is -2.61. The number of nitrogens with one attached hydrogen (secondary N) is 1. The molecule has 0 aromatic heterocycles. The van der Waals surface area contributed by atoms with Crippen LogP contribution < -0.4 is 5.32 Å². The van der Waals surface area contributed by atoms with Crippen LogP contribution in [-0.4, -0.2) is 27.3 Å². The van der Waals surface area contributed by atoms with E-state index in [4.69, 9.17) is 4.74 Å². The fraction of sp³-hybridized carbons (Fsp3) is 0.286. The van der Waals surface area contributed by atoms with E-state index in [1.165, 1.54) is 19.2 Å². The Bertz CT molecular complexity index is 1350. The van der Waals surface area contributed by atoms with Crippen molar-refractivity contribution in [3.8, 4) is 0 Å². The Balaban J connectivity index is 1.54. The molecule has 0 spiro atoms. The van der Waals surface area contributed by atoms with E-state index in [0.717, 1.165) is 23.2 Å². The topological polar surface area (TPSA) is 89.5 Å². The number of ketones is 1.